The zero-order valence-corrected chi connectivity index (χ0v) is 19.1. The summed E-state index contributed by atoms with van der Waals surface area (Å²) in [6.07, 6.45) is 3.25. The van der Waals surface area contributed by atoms with Crippen LogP contribution in [-0.2, 0) is 0 Å². The lowest BCUT2D eigenvalue weighted by Crippen LogP contribution is -2.18. The van der Waals surface area contributed by atoms with Crippen molar-refractivity contribution in [1.29, 1.82) is 0 Å². The molecule has 8 nitrogen and oxygen atoms in total. The number of H-pyrrole nitrogens is 1. The number of anilines is 1. The molecule has 0 aliphatic carbocycles. The highest BCUT2D eigenvalue weighted by molar-refractivity contribution is 6.31. The maximum Gasteiger partial charge on any atom is 0.272 e. The van der Waals surface area contributed by atoms with Gasteiger partial charge in [0, 0.05) is 36.1 Å². The van der Waals surface area contributed by atoms with E-state index in [1.54, 1.807) is 48.7 Å². The van der Waals surface area contributed by atoms with Gasteiger partial charge in [0.1, 0.15) is 28.6 Å². The lowest BCUT2D eigenvalue weighted by Gasteiger charge is -2.09. The molecule has 0 bridgehead atoms. The zero-order valence-electron chi connectivity index (χ0n) is 18.4. The van der Waals surface area contributed by atoms with Crippen LogP contribution in [0.3, 0.4) is 0 Å². The Hall–Kier alpha value is -4.30. The van der Waals surface area contributed by atoms with E-state index >= 15 is 0 Å². The first-order chi connectivity index (χ1) is 16.5. The van der Waals surface area contributed by atoms with Gasteiger partial charge in [-0.1, -0.05) is 23.7 Å². The molecule has 0 atom stereocenters. The lowest BCUT2D eigenvalue weighted by atomic mass is 10.1. The van der Waals surface area contributed by atoms with Gasteiger partial charge in [-0.3, -0.25) is 14.6 Å². The molecule has 0 saturated heterocycles. The average Bonchev–Trinajstić information content (AvgIpc) is 3.35. The first-order valence-corrected chi connectivity index (χ1v) is 10.6. The van der Waals surface area contributed by atoms with Crippen LogP contribution < -0.4 is 20.1 Å². The van der Waals surface area contributed by atoms with Gasteiger partial charge in [0.15, 0.2) is 0 Å². The van der Waals surface area contributed by atoms with Crippen molar-refractivity contribution in [3.63, 3.8) is 0 Å². The molecule has 0 aliphatic heterocycles. The number of rotatable bonds is 7. The summed E-state index contributed by atoms with van der Waals surface area (Å²) in [6.45, 7) is 0. The molecule has 172 valence electrons. The number of nitrogens with zero attached hydrogens (tertiary/aromatic N) is 1. The number of benzene rings is 2. The fraction of sp³-hybridized carbons (Fsp3) is 0.0800. The molecule has 0 saturated carbocycles. The van der Waals surface area contributed by atoms with E-state index in [1.165, 1.54) is 20.4 Å². The summed E-state index contributed by atoms with van der Waals surface area (Å²) >= 11 is 6.04. The van der Waals surface area contributed by atoms with E-state index in [4.69, 9.17) is 21.1 Å². The molecule has 0 fully saturated rings. The Morgan fingerprint density at radius 2 is 1.79 bits per heavy atom. The maximum absolute atomic E-state index is 12.8. The molecular weight excluding hydrogens is 456 g/mol. The van der Waals surface area contributed by atoms with Crippen LogP contribution >= 0.6 is 11.6 Å². The first-order valence-electron chi connectivity index (χ1n) is 10.3. The topological polar surface area (TPSA) is 105 Å². The number of methoxy groups -OCH3 is 1. The number of pyridine rings is 1. The van der Waals surface area contributed by atoms with E-state index in [9.17, 15) is 9.59 Å². The largest absolute Gasteiger partial charge is 0.495 e. The summed E-state index contributed by atoms with van der Waals surface area (Å²) in [5.41, 5.74) is 2.74. The monoisotopic (exact) mass is 476 g/mol. The van der Waals surface area contributed by atoms with Gasteiger partial charge >= 0.3 is 0 Å². The van der Waals surface area contributed by atoms with Crippen LogP contribution in [-0.4, -0.2) is 35.9 Å². The third-order valence-electron chi connectivity index (χ3n) is 4.93. The van der Waals surface area contributed by atoms with Crippen molar-refractivity contribution in [3.05, 3.63) is 89.5 Å². The van der Waals surface area contributed by atoms with E-state index < -0.39 is 0 Å². The molecule has 9 heteroatoms. The average molecular weight is 477 g/mol. The van der Waals surface area contributed by atoms with Crippen LogP contribution in [0, 0.1) is 0 Å². The number of nitrogens with one attached hydrogen (secondary N) is 3. The number of hydrogen-bond acceptors (Lipinski definition) is 5. The van der Waals surface area contributed by atoms with Gasteiger partial charge < -0.3 is 25.1 Å². The Labute approximate surface area is 200 Å². The van der Waals surface area contributed by atoms with Crippen molar-refractivity contribution < 1.29 is 19.1 Å². The number of ether oxygens (including phenoxy) is 2. The summed E-state index contributed by atoms with van der Waals surface area (Å²) in [6, 6.07) is 17.3. The molecule has 34 heavy (non-hydrogen) atoms. The minimum atomic E-state index is -0.335. The number of hydrogen-bond donors (Lipinski definition) is 3. The van der Waals surface area contributed by atoms with E-state index in [2.05, 4.69) is 20.6 Å². The summed E-state index contributed by atoms with van der Waals surface area (Å²) in [5, 5.41) is 5.82. The summed E-state index contributed by atoms with van der Waals surface area (Å²) < 4.78 is 11.2. The van der Waals surface area contributed by atoms with Gasteiger partial charge in [-0.25, -0.2) is 0 Å². The molecule has 0 spiro atoms. The molecule has 2 aromatic carbocycles. The molecule has 3 N–H and O–H groups in total. The fourth-order valence-corrected chi connectivity index (χ4v) is 3.43. The predicted octanol–water partition coefficient (Wildman–Crippen LogP) is 5.14. The standard InChI is InChI=1S/C25H21ClN4O4/c1-27-24(31)22-13-19(8-9-28-22)34-18-5-3-4-15(10-18)16-11-21(29-14-16)25(32)30-20-12-17(26)6-7-23(20)33-2/h3-14,29H,1-2H3,(H,27,31)(H,30,32). The Morgan fingerprint density at radius 1 is 0.971 bits per heavy atom. The normalized spacial score (nSPS) is 10.4. The molecule has 0 radical (unpaired) electrons. The second-order valence-electron chi connectivity index (χ2n) is 7.19. The molecule has 0 aliphatic rings. The number of carbonyl (C=O) groups excluding carboxylic acids is 2. The van der Waals surface area contributed by atoms with Gasteiger partial charge in [0.05, 0.1) is 12.8 Å². The second-order valence-corrected chi connectivity index (χ2v) is 7.62. The SMILES string of the molecule is CNC(=O)c1cc(Oc2cccc(-c3c[nH]c(C(=O)Nc4cc(Cl)ccc4OC)c3)c2)ccn1. The lowest BCUT2D eigenvalue weighted by molar-refractivity contribution is 0.0957. The summed E-state index contributed by atoms with van der Waals surface area (Å²) in [7, 11) is 3.06. The van der Waals surface area contributed by atoms with Crippen LogP contribution in [0.2, 0.25) is 5.02 Å². The van der Waals surface area contributed by atoms with Crippen molar-refractivity contribution >= 4 is 29.1 Å². The first kappa shape index (κ1) is 22.9. The highest BCUT2D eigenvalue weighted by Gasteiger charge is 2.14. The van der Waals surface area contributed by atoms with Crippen LogP contribution in [0.5, 0.6) is 17.2 Å². The molecule has 4 aromatic rings. The Morgan fingerprint density at radius 3 is 2.59 bits per heavy atom. The van der Waals surface area contributed by atoms with E-state index in [1.807, 2.05) is 18.2 Å². The molecule has 4 rings (SSSR count). The third kappa shape index (κ3) is 5.19. The minimum absolute atomic E-state index is 0.258. The van der Waals surface area contributed by atoms with Crippen LogP contribution in [0.1, 0.15) is 21.0 Å². The Bertz CT molecular complexity index is 1350. The van der Waals surface area contributed by atoms with Crippen LogP contribution in [0.15, 0.2) is 73.1 Å². The summed E-state index contributed by atoms with van der Waals surface area (Å²) in [5.74, 6) is 0.924. The van der Waals surface area contributed by atoms with Gasteiger partial charge in [-0.05, 0) is 48.0 Å². The highest BCUT2D eigenvalue weighted by atomic mass is 35.5. The summed E-state index contributed by atoms with van der Waals surface area (Å²) in [4.78, 5) is 31.6. The predicted molar refractivity (Wildman–Crippen MR) is 130 cm³/mol. The molecule has 0 unspecified atom stereocenters. The number of aromatic nitrogens is 2. The third-order valence-corrected chi connectivity index (χ3v) is 5.17. The van der Waals surface area contributed by atoms with Crippen molar-refractivity contribution in [1.82, 2.24) is 15.3 Å². The molecular formula is C25H21ClN4O4. The Kier molecular flexibility index (Phi) is 6.79. The van der Waals surface area contributed by atoms with Gasteiger partial charge in [-0.2, -0.15) is 0 Å². The van der Waals surface area contributed by atoms with Crippen LogP contribution in [0.4, 0.5) is 5.69 Å². The number of aromatic amines is 1. The number of amides is 2. The zero-order chi connectivity index (χ0) is 24.1. The van der Waals surface area contributed by atoms with E-state index in [0.717, 1.165) is 11.1 Å². The highest BCUT2D eigenvalue weighted by Crippen LogP contribution is 2.30. The van der Waals surface area contributed by atoms with Crippen molar-refractivity contribution in [3.8, 4) is 28.4 Å². The van der Waals surface area contributed by atoms with Crippen molar-refractivity contribution in [2.24, 2.45) is 0 Å². The van der Waals surface area contributed by atoms with Crippen molar-refractivity contribution in [2.45, 2.75) is 0 Å². The molecule has 2 aromatic heterocycles. The molecule has 2 heterocycles. The van der Waals surface area contributed by atoms with Crippen molar-refractivity contribution in [2.75, 3.05) is 19.5 Å². The van der Waals surface area contributed by atoms with Gasteiger partial charge in [-0.15, -0.1) is 0 Å². The minimum Gasteiger partial charge on any atom is -0.495 e. The Balaban J connectivity index is 1.51. The second kappa shape index (κ2) is 10.1. The maximum atomic E-state index is 12.8. The van der Waals surface area contributed by atoms with Crippen LogP contribution in [0.25, 0.3) is 11.1 Å². The quantitative estimate of drug-likeness (QED) is 0.342. The van der Waals surface area contributed by atoms with Gasteiger partial charge in [0.25, 0.3) is 11.8 Å². The van der Waals surface area contributed by atoms with Gasteiger partial charge in [0.2, 0.25) is 0 Å². The van der Waals surface area contributed by atoms with E-state index in [-0.39, 0.29) is 17.5 Å². The smallest absolute Gasteiger partial charge is 0.272 e. The fourth-order valence-electron chi connectivity index (χ4n) is 3.26. The number of halogens is 1. The van der Waals surface area contributed by atoms with E-state index in [0.29, 0.717) is 33.7 Å². The molecule has 2 amide bonds. The number of carbonyl (C=O) groups is 2.